The molecular formula is C11H18Cl2N2O2. The highest BCUT2D eigenvalue weighted by atomic mass is 35.5. The molecule has 0 amide bonds. The van der Waals surface area contributed by atoms with Crippen LogP contribution >= 0.6 is 24.8 Å². The fraction of sp³-hybridized carbons (Fsp3) is 0.455. The summed E-state index contributed by atoms with van der Waals surface area (Å²) in [4.78, 5) is 15.0. The molecule has 4 nitrogen and oxygen atoms in total. The minimum atomic E-state index is -0.819. The van der Waals surface area contributed by atoms with E-state index in [9.17, 15) is 4.79 Å². The van der Waals surface area contributed by atoms with Crippen molar-refractivity contribution in [2.75, 3.05) is 0 Å². The third kappa shape index (κ3) is 6.46. The first-order valence-corrected chi connectivity index (χ1v) is 4.97. The van der Waals surface area contributed by atoms with Gasteiger partial charge in [0.05, 0.1) is 5.69 Å². The number of carbonyl (C=O) groups is 1. The van der Waals surface area contributed by atoms with E-state index < -0.39 is 12.0 Å². The number of hydrogen-bond donors (Lipinski definition) is 2. The highest BCUT2D eigenvalue weighted by Crippen LogP contribution is 2.03. The van der Waals surface area contributed by atoms with Crippen LogP contribution in [0.25, 0.3) is 0 Å². The maximum Gasteiger partial charge on any atom is 0.320 e. The Bertz CT molecular complexity index is 321. The van der Waals surface area contributed by atoms with E-state index in [1.54, 1.807) is 6.20 Å². The number of nitrogens with one attached hydrogen (secondary N) is 1. The molecule has 0 fully saturated rings. The number of aliphatic carboxylic acids is 1. The van der Waals surface area contributed by atoms with Crippen LogP contribution in [0.3, 0.4) is 0 Å². The minimum absolute atomic E-state index is 0. The van der Waals surface area contributed by atoms with E-state index in [1.165, 1.54) is 0 Å². The fourth-order valence-corrected chi connectivity index (χ4v) is 1.33. The second-order valence-corrected chi connectivity index (χ2v) is 3.76. The van der Waals surface area contributed by atoms with Crippen molar-refractivity contribution in [2.45, 2.75) is 26.4 Å². The fourth-order valence-electron chi connectivity index (χ4n) is 1.33. The van der Waals surface area contributed by atoms with E-state index in [1.807, 2.05) is 32.0 Å². The number of rotatable bonds is 5. The largest absolute Gasteiger partial charge is 0.480 e. The van der Waals surface area contributed by atoms with Crippen molar-refractivity contribution in [1.29, 1.82) is 0 Å². The van der Waals surface area contributed by atoms with Crippen molar-refractivity contribution in [3.63, 3.8) is 0 Å². The summed E-state index contributed by atoms with van der Waals surface area (Å²) in [7, 11) is 0. The number of aromatic nitrogens is 1. The van der Waals surface area contributed by atoms with Gasteiger partial charge in [0.15, 0.2) is 0 Å². The number of pyridine rings is 1. The first kappa shape index (κ1) is 18.5. The zero-order valence-electron chi connectivity index (χ0n) is 9.79. The molecule has 0 bridgehead atoms. The summed E-state index contributed by atoms with van der Waals surface area (Å²) in [6.45, 7) is 4.24. The van der Waals surface area contributed by atoms with Crippen LogP contribution in [0.15, 0.2) is 24.4 Å². The Morgan fingerprint density at radius 3 is 2.47 bits per heavy atom. The maximum atomic E-state index is 10.9. The first-order valence-electron chi connectivity index (χ1n) is 4.97. The summed E-state index contributed by atoms with van der Waals surface area (Å²) in [5.74, 6) is -0.757. The second kappa shape index (κ2) is 9.22. The van der Waals surface area contributed by atoms with E-state index in [4.69, 9.17) is 5.11 Å². The molecule has 0 aliphatic rings. The molecule has 1 aromatic heterocycles. The van der Waals surface area contributed by atoms with E-state index in [2.05, 4.69) is 10.3 Å². The summed E-state index contributed by atoms with van der Waals surface area (Å²) in [5.41, 5.74) is 0.851. The summed E-state index contributed by atoms with van der Waals surface area (Å²) in [6, 6.07) is 5.06. The molecule has 1 heterocycles. The van der Waals surface area contributed by atoms with Gasteiger partial charge in [0.25, 0.3) is 0 Å². The number of halogens is 2. The van der Waals surface area contributed by atoms with Gasteiger partial charge >= 0.3 is 5.97 Å². The minimum Gasteiger partial charge on any atom is -0.480 e. The Morgan fingerprint density at radius 2 is 2.06 bits per heavy atom. The summed E-state index contributed by atoms with van der Waals surface area (Å²) in [5, 5.41) is 11.9. The predicted octanol–water partition coefficient (Wildman–Crippen LogP) is 2.12. The molecule has 17 heavy (non-hydrogen) atoms. The monoisotopic (exact) mass is 280 g/mol. The van der Waals surface area contributed by atoms with Crippen LogP contribution in [0.4, 0.5) is 0 Å². The lowest BCUT2D eigenvalue weighted by Gasteiger charge is -2.17. The van der Waals surface area contributed by atoms with Gasteiger partial charge in [-0.15, -0.1) is 24.8 Å². The zero-order valence-corrected chi connectivity index (χ0v) is 11.4. The predicted molar refractivity (Wildman–Crippen MR) is 71.8 cm³/mol. The van der Waals surface area contributed by atoms with Crippen molar-refractivity contribution < 1.29 is 9.90 Å². The van der Waals surface area contributed by atoms with Gasteiger partial charge in [0.1, 0.15) is 6.04 Å². The van der Waals surface area contributed by atoms with Crippen molar-refractivity contribution in [3.8, 4) is 0 Å². The number of hydrogen-bond acceptors (Lipinski definition) is 3. The Morgan fingerprint density at radius 1 is 1.41 bits per heavy atom. The quantitative estimate of drug-likeness (QED) is 0.868. The zero-order chi connectivity index (χ0) is 11.3. The van der Waals surface area contributed by atoms with Gasteiger partial charge in [-0.1, -0.05) is 19.9 Å². The molecule has 0 aromatic carbocycles. The van der Waals surface area contributed by atoms with Gasteiger partial charge < -0.3 is 5.11 Å². The molecule has 0 saturated carbocycles. The van der Waals surface area contributed by atoms with Gasteiger partial charge in [0.2, 0.25) is 0 Å². The number of carboxylic acid groups (broad SMARTS) is 1. The normalized spacial score (nSPS) is 11.2. The Labute approximate surface area is 114 Å². The van der Waals surface area contributed by atoms with Gasteiger partial charge in [-0.3, -0.25) is 15.1 Å². The van der Waals surface area contributed by atoms with Gasteiger partial charge in [0, 0.05) is 12.7 Å². The van der Waals surface area contributed by atoms with Crippen LogP contribution in [0.5, 0.6) is 0 Å². The molecule has 6 heteroatoms. The van der Waals surface area contributed by atoms with Crippen molar-refractivity contribution in [3.05, 3.63) is 30.1 Å². The van der Waals surface area contributed by atoms with Crippen molar-refractivity contribution >= 4 is 30.8 Å². The van der Waals surface area contributed by atoms with Crippen molar-refractivity contribution in [2.24, 2.45) is 5.92 Å². The van der Waals surface area contributed by atoms with E-state index in [-0.39, 0.29) is 30.7 Å². The molecule has 0 spiro atoms. The lowest BCUT2D eigenvalue weighted by Crippen LogP contribution is -2.40. The van der Waals surface area contributed by atoms with Gasteiger partial charge in [-0.25, -0.2) is 0 Å². The van der Waals surface area contributed by atoms with E-state index >= 15 is 0 Å². The molecule has 0 aliphatic carbocycles. The second-order valence-electron chi connectivity index (χ2n) is 3.76. The topological polar surface area (TPSA) is 62.2 Å². The number of carboxylic acids is 1. The summed E-state index contributed by atoms with van der Waals surface area (Å²) >= 11 is 0. The SMILES string of the molecule is CC(C)[C@H](NCc1ccccn1)C(=O)O.Cl.Cl. The lowest BCUT2D eigenvalue weighted by atomic mass is 10.0. The van der Waals surface area contributed by atoms with Crippen LogP contribution < -0.4 is 5.32 Å². The molecular weight excluding hydrogens is 263 g/mol. The Balaban J connectivity index is 0. The molecule has 2 N–H and O–H groups in total. The van der Waals surface area contributed by atoms with Crippen LogP contribution in [-0.4, -0.2) is 22.1 Å². The van der Waals surface area contributed by atoms with Gasteiger partial charge in [-0.2, -0.15) is 0 Å². The van der Waals surface area contributed by atoms with Crippen LogP contribution in [0, 0.1) is 5.92 Å². The Kier molecular flexibility index (Phi) is 10.0. The summed E-state index contributed by atoms with van der Waals surface area (Å²) < 4.78 is 0. The third-order valence-corrected chi connectivity index (χ3v) is 2.16. The molecule has 98 valence electrons. The lowest BCUT2D eigenvalue weighted by molar-refractivity contribution is -0.140. The molecule has 0 unspecified atom stereocenters. The number of nitrogens with zero attached hydrogens (tertiary/aromatic N) is 1. The van der Waals surface area contributed by atoms with E-state index in [0.717, 1.165) is 5.69 Å². The third-order valence-electron chi connectivity index (χ3n) is 2.16. The highest BCUT2D eigenvalue weighted by molar-refractivity contribution is 5.85. The highest BCUT2D eigenvalue weighted by Gasteiger charge is 2.20. The molecule has 1 aromatic rings. The smallest absolute Gasteiger partial charge is 0.320 e. The standard InChI is InChI=1S/C11H16N2O2.2ClH/c1-8(2)10(11(14)15)13-7-9-5-3-4-6-12-9;;/h3-6,8,10,13H,7H2,1-2H3,(H,14,15);2*1H/t10-;;/m0../s1. The maximum absolute atomic E-state index is 10.9. The van der Waals surface area contributed by atoms with Crippen LogP contribution in [0.2, 0.25) is 0 Å². The average Bonchev–Trinajstić information content (AvgIpc) is 2.18. The molecule has 1 atom stereocenters. The van der Waals surface area contributed by atoms with Crippen molar-refractivity contribution in [1.82, 2.24) is 10.3 Å². The Hall–Kier alpha value is -0.840. The first-order chi connectivity index (χ1) is 7.11. The molecule has 1 rings (SSSR count). The van der Waals surface area contributed by atoms with Crippen LogP contribution in [0.1, 0.15) is 19.5 Å². The van der Waals surface area contributed by atoms with Crippen LogP contribution in [-0.2, 0) is 11.3 Å². The van der Waals surface area contributed by atoms with Gasteiger partial charge in [-0.05, 0) is 18.1 Å². The van der Waals surface area contributed by atoms with E-state index in [0.29, 0.717) is 6.54 Å². The molecule has 0 aliphatic heterocycles. The summed E-state index contributed by atoms with van der Waals surface area (Å²) in [6.07, 6.45) is 1.70. The molecule has 0 radical (unpaired) electrons. The molecule has 0 saturated heterocycles. The average molecular weight is 281 g/mol.